The Morgan fingerprint density at radius 2 is 1.93 bits per heavy atom. The van der Waals surface area contributed by atoms with Gasteiger partial charge in [-0.1, -0.05) is 0 Å². The number of hydrogen-bond donors (Lipinski definition) is 9. The van der Waals surface area contributed by atoms with E-state index >= 15 is 0 Å². The number of nitrogen functional groups attached to an aromatic ring is 1. The molecule has 3 heterocycles. The van der Waals surface area contributed by atoms with Crippen molar-refractivity contribution < 1.29 is 62.3 Å². The fraction of sp³-hybridized carbons (Fsp3) is 0.600. The summed E-state index contributed by atoms with van der Waals surface area (Å²) in [5.41, 5.74) is 4.48. The fourth-order valence-corrected chi connectivity index (χ4v) is 4.62. The molecule has 224 valence electrons. The van der Waals surface area contributed by atoms with Gasteiger partial charge in [0.15, 0.2) is 18.1 Å². The normalized spacial score (nSPS) is 30.1. The topological polar surface area (TPSA) is 302 Å². The van der Waals surface area contributed by atoms with Crippen LogP contribution in [0.25, 0.3) is 0 Å². The van der Waals surface area contributed by atoms with E-state index in [4.69, 9.17) is 20.3 Å². The van der Waals surface area contributed by atoms with Crippen LogP contribution in [0.15, 0.2) is 28.9 Å². The second kappa shape index (κ2) is 12.5. The molecular formula is C20H29N5O14S. The number of anilines is 1. The minimum Gasteiger partial charge on any atom is -0.480 e. The molecular weight excluding hydrogens is 566 g/mol. The molecule has 1 aromatic rings. The van der Waals surface area contributed by atoms with E-state index in [2.05, 4.69) is 14.5 Å². The van der Waals surface area contributed by atoms with Crippen LogP contribution in [-0.4, -0.2) is 122 Å². The van der Waals surface area contributed by atoms with Gasteiger partial charge in [0, 0.05) is 13.1 Å². The van der Waals surface area contributed by atoms with Gasteiger partial charge < -0.3 is 51.2 Å². The van der Waals surface area contributed by atoms with Gasteiger partial charge in [-0.05, 0) is 12.1 Å². The summed E-state index contributed by atoms with van der Waals surface area (Å²) in [6.07, 6.45) is -11.7. The van der Waals surface area contributed by atoms with Crippen LogP contribution in [0.4, 0.5) is 5.82 Å². The largest absolute Gasteiger partial charge is 0.480 e. The second-order valence-corrected chi connectivity index (χ2v) is 10.2. The zero-order valence-electron chi connectivity index (χ0n) is 20.7. The Hall–Kier alpha value is -3.21. The van der Waals surface area contributed by atoms with E-state index in [9.17, 15) is 48.3 Å². The standard InChI is InChI=1S/C20H29N5O14S/c1-7(27)22-13-8(28)4-10(38-17(13)14(30)9(29)5-26)18(33)24-40(35,36)37-6-11-15(31)16(32)19(39-11)25-3-2-12(21)23-20(25)34/h2-4,8-9,11,13-17,19,26,28-32H,5-6H2,1H3,(H,22,27)(H,24,33)(H2,21,23,34)/t8-,9?,11+,13+,14?,15+,16+,17?,19+/m0/s1. The Balaban J connectivity index is 1.68. The molecule has 1 aromatic heterocycles. The number of aliphatic hydroxyl groups excluding tert-OH is 6. The van der Waals surface area contributed by atoms with Crippen LogP contribution in [0, 0.1) is 0 Å². The van der Waals surface area contributed by atoms with Gasteiger partial charge in [-0.2, -0.15) is 13.4 Å². The van der Waals surface area contributed by atoms with Gasteiger partial charge in [0.25, 0.3) is 0 Å². The first-order chi connectivity index (χ1) is 18.6. The highest BCUT2D eigenvalue weighted by Gasteiger charge is 2.46. The molecule has 40 heavy (non-hydrogen) atoms. The molecule has 2 amide bonds. The molecule has 0 bridgehead atoms. The van der Waals surface area contributed by atoms with E-state index in [1.807, 2.05) is 0 Å². The van der Waals surface area contributed by atoms with Gasteiger partial charge in [0.2, 0.25) is 5.91 Å². The van der Waals surface area contributed by atoms with Crippen molar-refractivity contribution >= 4 is 27.9 Å². The van der Waals surface area contributed by atoms with Crippen LogP contribution < -0.4 is 21.5 Å². The third-order valence-corrected chi connectivity index (χ3v) is 6.77. The van der Waals surface area contributed by atoms with Crippen LogP contribution in [0.5, 0.6) is 0 Å². The number of nitrogens with two attached hydrogens (primary N) is 1. The van der Waals surface area contributed by atoms with Crippen molar-refractivity contribution in [3.05, 3.63) is 34.6 Å². The van der Waals surface area contributed by atoms with Crippen molar-refractivity contribution in [1.29, 1.82) is 0 Å². The number of carbonyl (C=O) groups is 2. The lowest BCUT2D eigenvalue weighted by Crippen LogP contribution is -2.60. The van der Waals surface area contributed by atoms with Crippen LogP contribution in [0.3, 0.4) is 0 Å². The Morgan fingerprint density at radius 3 is 2.52 bits per heavy atom. The molecule has 19 nitrogen and oxygen atoms in total. The number of carbonyl (C=O) groups excluding carboxylic acids is 2. The van der Waals surface area contributed by atoms with Crippen molar-refractivity contribution in [1.82, 2.24) is 19.6 Å². The molecule has 0 spiro atoms. The smallest absolute Gasteiger partial charge is 0.362 e. The van der Waals surface area contributed by atoms with Crippen molar-refractivity contribution in [2.45, 2.75) is 61.9 Å². The summed E-state index contributed by atoms with van der Waals surface area (Å²) >= 11 is 0. The van der Waals surface area contributed by atoms with Crippen molar-refractivity contribution in [3.8, 4) is 0 Å². The summed E-state index contributed by atoms with van der Waals surface area (Å²) in [6.45, 7) is -0.817. The lowest BCUT2D eigenvalue weighted by atomic mass is 9.93. The molecule has 2 aliphatic rings. The molecule has 0 aliphatic carbocycles. The van der Waals surface area contributed by atoms with Gasteiger partial charge in [-0.3, -0.25) is 18.3 Å². The van der Waals surface area contributed by atoms with Gasteiger partial charge in [-0.25, -0.2) is 9.52 Å². The Bertz CT molecular complexity index is 1290. The van der Waals surface area contributed by atoms with Crippen LogP contribution in [-0.2, 0) is 33.6 Å². The molecule has 3 rings (SSSR count). The van der Waals surface area contributed by atoms with Crippen LogP contribution in [0.1, 0.15) is 13.2 Å². The van der Waals surface area contributed by atoms with Gasteiger partial charge in [0.05, 0.1) is 19.3 Å². The minimum absolute atomic E-state index is 0.114. The van der Waals surface area contributed by atoms with E-state index in [-0.39, 0.29) is 5.82 Å². The summed E-state index contributed by atoms with van der Waals surface area (Å²) in [5.74, 6) is -3.14. The predicted octanol–water partition coefficient (Wildman–Crippen LogP) is -6.32. The highest BCUT2D eigenvalue weighted by molar-refractivity contribution is 7.85. The summed E-state index contributed by atoms with van der Waals surface area (Å²) in [4.78, 5) is 39.5. The second-order valence-electron chi connectivity index (χ2n) is 8.83. The van der Waals surface area contributed by atoms with E-state index in [0.717, 1.165) is 23.8 Å². The van der Waals surface area contributed by atoms with E-state index in [0.29, 0.717) is 0 Å². The monoisotopic (exact) mass is 595 g/mol. The first kappa shape index (κ1) is 31.3. The molecule has 2 aliphatic heterocycles. The maximum Gasteiger partial charge on any atom is 0.362 e. The van der Waals surface area contributed by atoms with Gasteiger partial charge in [0.1, 0.15) is 42.4 Å². The Morgan fingerprint density at radius 1 is 1.25 bits per heavy atom. The van der Waals surface area contributed by atoms with Gasteiger partial charge >= 0.3 is 21.9 Å². The molecule has 9 atom stereocenters. The summed E-state index contributed by atoms with van der Waals surface area (Å²) in [7, 11) is -4.96. The number of rotatable bonds is 10. The minimum atomic E-state index is -4.96. The van der Waals surface area contributed by atoms with E-state index in [1.54, 1.807) is 0 Å². The van der Waals surface area contributed by atoms with Crippen LogP contribution >= 0.6 is 0 Å². The van der Waals surface area contributed by atoms with Crippen molar-refractivity contribution in [2.75, 3.05) is 18.9 Å². The summed E-state index contributed by atoms with van der Waals surface area (Å²) < 4.78 is 42.3. The van der Waals surface area contributed by atoms with E-state index in [1.165, 1.54) is 10.8 Å². The molecule has 1 fully saturated rings. The SMILES string of the molecule is CC(=O)N[C@H]1C(C(O)C(O)CO)OC(C(=O)NS(=O)(=O)OC[C@H]2O[C@@H](n3ccc(N)nc3=O)[C@H](O)[C@@H]2O)=C[C@@H]1O. The highest BCUT2D eigenvalue weighted by Crippen LogP contribution is 2.29. The lowest BCUT2D eigenvalue weighted by Gasteiger charge is -2.38. The Labute approximate surface area is 225 Å². The Kier molecular flexibility index (Phi) is 9.81. The molecule has 1 saturated heterocycles. The highest BCUT2D eigenvalue weighted by atomic mass is 32.2. The molecule has 0 radical (unpaired) electrons. The number of amides is 2. The van der Waals surface area contributed by atoms with E-state index < -0.39 is 102 Å². The number of hydrogen-bond acceptors (Lipinski definition) is 16. The number of ether oxygens (including phenoxy) is 2. The first-order valence-corrected chi connectivity index (χ1v) is 12.9. The summed E-state index contributed by atoms with van der Waals surface area (Å²) in [5, 5.41) is 62.3. The third-order valence-electron chi connectivity index (χ3n) is 5.89. The number of aliphatic hydroxyl groups is 6. The van der Waals surface area contributed by atoms with Crippen molar-refractivity contribution in [2.24, 2.45) is 0 Å². The number of nitrogens with zero attached hydrogens (tertiary/aromatic N) is 2. The first-order valence-electron chi connectivity index (χ1n) is 11.5. The zero-order valence-corrected chi connectivity index (χ0v) is 21.5. The maximum atomic E-state index is 12.6. The van der Waals surface area contributed by atoms with Crippen LogP contribution in [0.2, 0.25) is 0 Å². The van der Waals surface area contributed by atoms with Crippen molar-refractivity contribution in [3.63, 3.8) is 0 Å². The summed E-state index contributed by atoms with van der Waals surface area (Å²) in [6, 6.07) is -0.179. The third kappa shape index (κ3) is 7.10. The molecule has 0 aromatic carbocycles. The lowest BCUT2D eigenvalue weighted by molar-refractivity contribution is -0.138. The predicted molar refractivity (Wildman–Crippen MR) is 128 cm³/mol. The molecule has 10 N–H and O–H groups in total. The number of aromatic nitrogens is 2. The molecule has 20 heteroatoms. The number of nitrogens with one attached hydrogen (secondary N) is 2. The average Bonchev–Trinajstić information content (AvgIpc) is 3.15. The fourth-order valence-electron chi connectivity index (χ4n) is 3.92. The maximum absolute atomic E-state index is 12.6. The quantitative estimate of drug-likeness (QED) is 0.121. The van der Waals surface area contributed by atoms with Gasteiger partial charge in [-0.15, -0.1) is 0 Å². The molecule has 0 saturated carbocycles. The average molecular weight is 596 g/mol. The zero-order chi connectivity index (χ0) is 29.9. The molecule has 3 unspecified atom stereocenters.